The number of carbonyl (C=O) groups is 2. The molecule has 0 fully saturated rings. The number of alkyl halides is 2. The highest BCUT2D eigenvalue weighted by Gasteiger charge is 2.20. The number of esters is 1. The molecule has 1 N–H and O–H groups in total. The van der Waals surface area contributed by atoms with E-state index in [1.807, 2.05) is 17.5 Å². The normalized spacial score (nSPS) is 11.8. The molecule has 0 radical (unpaired) electrons. The highest BCUT2D eigenvalue weighted by Crippen LogP contribution is 2.23. The van der Waals surface area contributed by atoms with Crippen molar-refractivity contribution >= 4 is 23.2 Å². The Hall–Kier alpha value is -2.48. The minimum Gasteiger partial charge on any atom is -0.469 e. The molecule has 0 saturated heterocycles. The summed E-state index contributed by atoms with van der Waals surface area (Å²) in [5.74, 6) is -0.682. The molecule has 134 valence electrons. The van der Waals surface area contributed by atoms with E-state index in [1.54, 1.807) is 0 Å². The number of ether oxygens (including phenoxy) is 2. The minimum atomic E-state index is -2.89. The van der Waals surface area contributed by atoms with Crippen molar-refractivity contribution in [3.63, 3.8) is 0 Å². The molecule has 0 aliphatic rings. The average molecular weight is 369 g/mol. The van der Waals surface area contributed by atoms with Crippen molar-refractivity contribution in [3.8, 4) is 5.75 Å². The molecule has 2 aromatic rings. The number of methoxy groups -OCH3 is 1. The molecule has 0 bridgehead atoms. The zero-order valence-corrected chi connectivity index (χ0v) is 14.2. The summed E-state index contributed by atoms with van der Waals surface area (Å²) in [7, 11) is 1.29. The van der Waals surface area contributed by atoms with Gasteiger partial charge < -0.3 is 14.8 Å². The lowest BCUT2D eigenvalue weighted by atomic mass is 10.1. The van der Waals surface area contributed by atoms with Crippen LogP contribution < -0.4 is 10.1 Å². The Labute approximate surface area is 147 Å². The van der Waals surface area contributed by atoms with Gasteiger partial charge in [0, 0.05) is 4.88 Å². The molecule has 1 heterocycles. The van der Waals surface area contributed by atoms with Gasteiger partial charge >= 0.3 is 12.6 Å². The highest BCUT2D eigenvalue weighted by atomic mass is 32.1. The first-order chi connectivity index (χ1) is 12.0. The van der Waals surface area contributed by atoms with Gasteiger partial charge in [-0.25, -0.2) is 0 Å². The van der Waals surface area contributed by atoms with Gasteiger partial charge in [0.2, 0.25) is 5.91 Å². The molecule has 5 nitrogen and oxygen atoms in total. The first-order valence-corrected chi connectivity index (χ1v) is 8.29. The molecule has 0 aliphatic carbocycles. The molecule has 0 saturated carbocycles. The van der Waals surface area contributed by atoms with Crippen LogP contribution in [0.2, 0.25) is 0 Å². The molecule has 1 amide bonds. The standard InChI is InChI=1S/C17H17F2NO4S/c1-23-16(22)10-13(14-3-2-8-25-14)20-15(21)9-11-4-6-12(7-5-11)24-17(18)19/h2-8,13,17H,9-10H2,1H3,(H,20,21). The molecule has 2 rings (SSSR count). The average Bonchev–Trinajstić information content (AvgIpc) is 3.10. The van der Waals surface area contributed by atoms with Gasteiger partial charge in [-0.1, -0.05) is 18.2 Å². The molecule has 0 aliphatic heterocycles. The van der Waals surface area contributed by atoms with Crippen LogP contribution in [0.1, 0.15) is 22.9 Å². The molecule has 1 unspecified atom stereocenters. The fourth-order valence-electron chi connectivity index (χ4n) is 2.18. The van der Waals surface area contributed by atoms with Crippen LogP contribution >= 0.6 is 11.3 Å². The summed E-state index contributed by atoms with van der Waals surface area (Å²) >= 11 is 1.43. The van der Waals surface area contributed by atoms with Crippen LogP contribution in [0.5, 0.6) is 5.75 Å². The number of hydrogen-bond donors (Lipinski definition) is 1. The Morgan fingerprint density at radius 3 is 2.48 bits per heavy atom. The lowest BCUT2D eigenvalue weighted by Gasteiger charge is -2.16. The van der Waals surface area contributed by atoms with Crippen LogP contribution in [0.3, 0.4) is 0 Å². The number of amides is 1. The topological polar surface area (TPSA) is 64.6 Å². The smallest absolute Gasteiger partial charge is 0.387 e. The predicted molar refractivity (Wildman–Crippen MR) is 88.6 cm³/mol. The van der Waals surface area contributed by atoms with E-state index in [4.69, 9.17) is 0 Å². The molecule has 1 aromatic carbocycles. The zero-order valence-electron chi connectivity index (χ0n) is 13.4. The number of rotatable bonds is 8. The second-order valence-corrected chi connectivity index (χ2v) is 6.09. The third-order valence-corrected chi connectivity index (χ3v) is 4.32. The highest BCUT2D eigenvalue weighted by molar-refractivity contribution is 7.10. The van der Waals surface area contributed by atoms with E-state index < -0.39 is 18.6 Å². The maximum atomic E-state index is 12.2. The fraction of sp³-hybridized carbons (Fsp3) is 0.294. The Morgan fingerprint density at radius 2 is 1.92 bits per heavy atom. The fourth-order valence-corrected chi connectivity index (χ4v) is 2.96. The molecule has 1 aromatic heterocycles. The quantitative estimate of drug-likeness (QED) is 0.725. The van der Waals surface area contributed by atoms with Gasteiger partial charge in [0.25, 0.3) is 0 Å². The number of nitrogens with one attached hydrogen (secondary N) is 1. The summed E-state index contributed by atoms with van der Waals surface area (Å²) in [4.78, 5) is 24.6. The van der Waals surface area contributed by atoms with Crippen molar-refractivity contribution < 1.29 is 27.8 Å². The van der Waals surface area contributed by atoms with E-state index >= 15 is 0 Å². The molecule has 0 spiro atoms. The Bertz CT molecular complexity index is 689. The van der Waals surface area contributed by atoms with Crippen molar-refractivity contribution in [2.24, 2.45) is 0 Å². The summed E-state index contributed by atoms with van der Waals surface area (Å²) in [6.45, 7) is -2.89. The zero-order chi connectivity index (χ0) is 18.2. The van der Waals surface area contributed by atoms with Crippen LogP contribution in [-0.2, 0) is 20.7 Å². The van der Waals surface area contributed by atoms with E-state index in [-0.39, 0.29) is 24.5 Å². The Morgan fingerprint density at radius 1 is 1.20 bits per heavy atom. The van der Waals surface area contributed by atoms with Gasteiger partial charge in [-0.3, -0.25) is 9.59 Å². The van der Waals surface area contributed by atoms with Gasteiger partial charge in [0.1, 0.15) is 5.75 Å². The second kappa shape index (κ2) is 9.12. The van der Waals surface area contributed by atoms with Crippen LogP contribution in [0.25, 0.3) is 0 Å². The van der Waals surface area contributed by atoms with Gasteiger partial charge in [-0.15, -0.1) is 11.3 Å². The molecule has 25 heavy (non-hydrogen) atoms. The number of benzene rings is 1. The number of halogens is 2. The maximum absolute atomic E-state index is 12.2. The van der Waals surface area contributed by atoms with E-state index in [0.29, 0.717) is 5.56 Å². The van der Waals surface area contributed by atoms with Crippen molar-refractivity contribution in [3.05, 3.63) is 52.2 Å². The largest absolute Gasteiger partial charge is 0.469 e. The second-order valence-electron chi connectivity index (χ2n) is 5.12. The lowest BCUT2D eigenvalue weighted by molar-refractivity contribution is -0.141. The third-order valence-electron chi connectivity index (χ3n) is 3.33. The summed E-state index contributed by atoms with van der Waals surface area (Å²) in [5, 5.41) is 4.65. The monoisotopic (exact) mass is 369 g/mol. The third kappa shape index (κ3) is 6.15. The number of thiophene rings is 1. The van der Waals surface area contributed by atoms with Gasteiger partial charge in [0.05, 0.1) is 26.0 Å². The summed E-state index contributed by atoms with van der Waals surface area (Å²) < 4.78 is 33.2. The number of carbonyl (C=O) groups excluding carboxylic acids is 2. The SMILES string of the molecule is COC(=O)CC(NC(=O)Cc1ccc(OC(F)F)cc1)c1cccs1. The minimum absolute atomic E-state index is 0.0290. The van der Waals surface area contributed by atoms with Gasteiger partial charge in [0.15, 0.2) is 0 Å². The predicted octanol–water partition coefficient (Wildman–Crippen LogP) is 3.31. The van der Waals surface area contributed by atoms with E-state index in [9.17, 15) is 18.4 Å². The van der Waals surface area contributed by atoms with E-state index in [0.717, 1.165) is 4.88 Å². The first-order valence-electron chi connectivity index (χ1n) is 7.41. The van der Waals surface area contributed by atoms with Gasteiger partial charge in [-0.05, 0) is 29.1 Å². The van der Waals surface area contributed by atoms with Crippen molar-refractivity contribution in [1.82, 2.24) is 5.32 Å². The summed E-state index contributed by atoms with van der Waals surface area (Å²) in [6.07, 6.45) is 0.0852. The van der Waals surface area contributed by atoms with E-state index in [2.05, 4.69) is 14.8 Å². The van der Waals surface area contributed by atoms with Crippen molar-refractivity contribution in [2.45, 2.75) is 25.5 Å². The van der Waals surface area contributed by atoms with Crippen molar-refractivity contribution in [2.75, 3.05) is 7.11 Å². The number of hydrogen-bond acceptors (Lipinski definition) is 5. The molecular weight excluding hydrogens is 352 g/mol. The van der Waals surface area contributed by atoms with Crippen molar-refractivity contribution in [1.29, 1.82) is 0 Å². The lowest BCUT2D eigenvalue weighted by Crippen LogP contribution is -2.31. The van der Waals surface area contributed by atoms with Crippen LogP contribution in [0.4, 0.5) is 8.78 Å². The van der Waals surface area contributed by atoms with E-state index in [1.165, 1.54) is 42.7 Å². The van der Waals surface area contributed by atoms with Crippen LogP contribution in [0, 0.1) is 0 Å². The molecule has 8 heteroatoms. The first kappa shape index (κ1) is 18.9. The summed E-state index contributed by atoms with van der Waals surface area (Å²) in [5.41, 5.74) is 0.641. The summed E-state index contributed by atoms with van der Waals surface area (Å²) in [6, 6.07) is 9.02. The molecular formula is C17H17F2NO4S. The van der Waals surface area contributed by atoms with Gasteiger partial charge in [-0.2, -0.15) is 8.78 Å². The molecule has 1 atom stereocenters. The van der Waals surface area contributed by atoms with Crippen LogP contribution in [-0.4, -0.2) is 25.6 Å². The Balaban J connectivity index is 1.97. The van der Waals surface area contributed by atoms with Crippen LogP contribution in [0.15, 0.2) is 41.8 Å². The Kier molecular flexibility index (Phi) is 6.88. The maximum Gasteiger partial charge on any atom is 0.387 e.